The average Bonchev–Trinajstić information content (AvgIpc) is 2.20. The maximum Gasteiger partial charge on any atom is 0.328 e. The second-order valence-corrected chi connectivity index (χ2v) is 2.80. The minimum absolute atomic E-state index is 0.0879. The van der Waals surface area contributed by atoms with Crippen LogP contribution >= 0.6 is 0 Å². The molecule has 0 aliphatic rings. The normalized spacial score (nSPS) is 11.6. The number of carboxylic acid groups (broad SMARTS) is 1. The van der Waals surface area contributed by atoms with Gasteiger partial charge in [-0.2, -0.15) is 0 Å². The van der Waals surface area contributed by atoms with Crippen LogP contribution in [0.15, 0.2) is 0 Å². The molecule has 0 radical (unpaired) electrons. The van der Waals surface area contributed by atoms with Gasteiger partial charge in [0.15, 0.2) is 0 Å². The third-order valence-electron chi connectivity index (χ3n) is 1.56. The van der Waals surface area contributed by atoms with E-state index >= 15 is 0 Å². The Bertz CT molecular complexity index is 267. The summed E-state index contributed by atoms with van der Waals surface area (Å²) in [7, 11) is 0. The van der Waals surface area contributed by atoms with Crippen LogP contribution in [-0.2, 0) is 14.4 Å². The van der Waals surface area contributed by atoms with Gasteiger partial charge in [-0.15, -0.1) is 10.1 Å². The van der Waals surface area contributed by atoms with Gasteiger partial charge in [0.1, 0.15) is 6.04 Å². The molecule has 0 saturated carbocycles. The number of hydrogen-bond acceptors (Lipinski definition) is 6. The topological polar surface area (TPSA) is 139 Å². The third kappa shape index (κ3) is 6.54. The lowest BCUT2D eigenvalue weighted by Crippen LogP contribution is -2.43. The summed E-state index contributed by atoms with van der Waals surface area (Å²) in [4.78, 5) is 35.1. The van der Waals surface area contributed by atoms with E-state index in [2.05, 4.69) is 4.84 Å². The second kappa shape index (κ2) is 7.40. The van der Waals surface area contributed by atoms with Gasteiger partial charge in [0.2, 0.25) is 5.91 Å². The van der Waals surface area contributed by atoms with Gasteiger partial charge in [-0.3, -0.25) is 4.79 Å². The molecule has 0 heterocycles. The monoisotopic (exact) mass is 236 g/mol. The van der Waals surface area contributed by atoms with Crippen LogP contribution in [0.5, 0.6) is 0 Å². The molecule has 0 rings (SSSR count). The number of carbonyl (C=O) groups is 2. The van der Waals surface area contributed by atoms with E-state index in [1.54, 1.807) is 0 Å². The van der Waals surface area contributed by atoms with Gasteiger partial charge in [-0.1, -0.05) is 0 Å². The van der Waals surface area contributed by atoms with Crippen LogP contribution in [0.1, 0.15) is 12.8 Å². The molecule has 1 atom stereocenters. The Labute approximate surface area is 90.1 Å². The number of aliphatic hydroxyl groups excluding tert-OH is 1. The molecule has 16 heavy (non-hydrogen) atoms. The van der Waals surface area contributed by atoms with Gasteiger partial charge < -0.3 is 20.4 Å². The number of rotatable bonds is 8. The lowest BCUT2D eigenvalue weighted by molar-refractivity contribution is -0.757. The van der Waals surface area contributed by atoms with E-state index in [0.717, 1.165) is 0 Å². The van der Waals surface area contributed by atoms with Crippen LogP contribution in [-0.4, -0.2) is 46.4 Å². The van der Waals surface area contributed by atoms with Crippen LogP contribution in [0.4, 0.5) is 0 Å². The Morgan fingerprint density at radius 2 is 2.12 bits per heavy atom. The smallest absolute Gasteiger partial charge is 0.328 e. The standard InChI is InChI=1S/C7H12N2O7/c10-4-5(7(12)13)8-6(11)2-1-3-16-9(14)15/h5,10H,1-4H2,(H,8,11)(H,12,13). The molecule has 0 aliphatic heterocycles. The average molecular weight is 236 g/mol. The Morgan fingerprint density at radius 1 is 1.50 bits per heavy atom. The summed E-state index contributed by atoms with van der Waals surface area (Å²) >= 11 is 0. The van der Waals surface area contributed by atoms with Crippen molar-refractivity contribution in [3.8, 4) is 0 Å². The number of carbonyl (C=O) groups excluding carboxylic acids is 1. The molecular formula is C7H12N2O7. The molecule has 3 N–H and O–H groups in total. The number of aliphatic carboxylic acids is 1. The fourth-order valence-electron chi connectivity index (χ4n) is 0.824. The molecule has 9 nitrogen and oxygen atoms in total. The Hall–Kier alpha value is -1.90. The summed E-state index contributed by atoms with van der Waals surface area (Å²) in [5, 5.41) is 27.8. The van der Waals surface area contributed by atoms with E-state index in [1.165, 1.54) is 0 Å². The van der Waals surface area contributed by atoms with Crippen LogP contribution in [0, 0.1) is 10.1 Å². The summed E-state index contributed by atoms with van der Waals surface area (Å²) in [5.41, 5.74) is 0. The van der Waals surface area contributed by atoms with Gasteiger partial charge in [-0.25, -0.2) is 4.79 Å². The fourth-order valence-corrected chi connectivity index (χ4v) is 0.824. The maximum atomic E-state index is 11.1. The van der Waals surface area contributed by atoms with E-state index in [4.69, 9.17) is 10.2 Å². The van der Waals surface area contributed by atoms with Crippen molar-refractivity contribution in [2.75, 3.05) is 13.2 Å². The summed E-state index contributed by atoms with van der Waals surface area (Å²) in [6, 6.07) is -1.36. The molecule has 0 aliphatic carbocycles. The van der Waals surface area contributed by atoms with Crippen molar-refractivity contribution < 1.29 is 29.7 Å². The molecule has 92 valence electrons. The first-order chi connectivity index (χ1) is 7.47. The van der Waals surface area contributed by atoms with Crippen molar-refractivity contribution in [1.82, 2.24) is 5.32 Å². The Morgan fingerprint density at radius 3 is 2.56 bits per heavy atom. The molecule has 0 fully saturated rings. The van der Waals surface area contributed by atoms with Crippen LogP contribution < -0.4 is 5.32 Å². The van der Waals surface area contributed by atoms with Gasteiger partial charge in [-0.05, 0) is 6.42 Å². The molecule has 0 saturated heterocycles. The van der Waals surface area contributed by atoms with Crippen LogP contribution in [0.2, 0.25) is 0 Å². The van der Waals surface area contributed by atoms with Crippen molar-refractivity contribution >= 4 is 11.9 Å². The molecule has 0 aromatic carbocycles. The lowest BCUT2D eigenvalue weighted by Gasteiger charge is -2.10. The SMILES string of the molecule is O=C(CCCO[N+](=O)[O-])NC(CO)C(=O)O. The maximum absolute atomic E-state index is 11.1. The molecule has 9 heteroatoms. The number of carboxylic acids is 1. The molecule has 0 spiro atoms. The lowest BCUT2D eigenvalue weighted by atomic mass is 10.2. The largest absolute Gasteiger partial charge is 0.480 e. The zero-order chi connectivity index (χ0) is 12.6. The number of amides is 1. The molecule has 1 amide bonds. The van der Waals surface area contributed by atoms with Crippen molar-refractivity contribution in [3.63, 3.8) is 0 Å². The first-order valence-electron chi connectivity index (χ1n) is 4.37. The van der Waals surface area contributed by atoms with Crippen molar-refractivity contribution in [1.29, 1.82) is 0 Å². The predicted molar refractivity (Wildman–Crippen MR) is 48.8 cm³/mol. The number of aliphatic hydroxyl groups is 1. The number of hydrogen-bond donors (Lipinski definition) is 3. The highest BCUT2D eigenvalue weighted by atomic mass is 16.9. The Kier molecular flexibility index (Phi) is 6.52. The van der Waals surface area contributed by atoms with Gasteiger partial charge in [0, 0.05) is 6.42 Å². The molecular weight excluding hydrogens is 224 g/mol. The van der Waals surface area contributed by atoms with E-state index < -0.39 is 29.6 Å². The van der Waals surface area contributed by atoms with E-state index in [9.17, 15) is 19.7 Å². The predicted octanol–water partition coefficient (Wildman–Crippen LogP) is -1.46. The van der Waals surface area contributed by atoms with Crippen molar-refractivity contribution in [3.05, 3.63) is 10.1 Å². The number of nitrogens with one attached hydrogen (secondary N) is 1. The molecule has 0 aromatic rings. The summed E-state index contributed by atoms with van der Waals surface area (Å²) in [6.45, 7) is -0.955. The highest BCUT2D eigenvalue weighted by molar-refractivity contribution is 5.83. The zero-order valence-electron chi connectivity index (χ0n) is 8.29. The summed E-state index contributed by atoms with van der Waals surface area (Å²) < 4.78 is 0. The molecule has 0 bridgehead atoms. The second-order valence-electron chi connectivity index (χ2n) is 2.80. The minimum atomic E-state index is -1.36. The van der Waals surface area contributed by atoms with E-state index in [1.807, 2.05) is 5.32 Å². The number of nitrogens with zero attached hydrogens (tertiary/aromatic N) is 1. The van der Waals surface area contributed by atoms with Gasteiger partial charge in [0.05, 0.1) is 13.2 Å². The van der Waals surface area contributed by atoms with E-state index in [0.29, 0.717) is 0 Å². The first kappa shape index (κ1) is 14.1. The minimum Gasteiger partial charge on any atom is -0.480 e. The third-order valence-corrected chi connectivity index (χ3v) is 1.56. The fraction of sp³-hybridized carbons (Fsp3) is 0.714. The summed E-state index contributed by atoms with van der Waals surface area (Å²) in [5.74, 6) is -1.97. The zero-order valence-corrected chi connectivity index (χ0v) is 8.29. The van der Waals surface area contributed by atoms with Crippen molar-refractivity contribution in [2.24, 2.45) is 0 Å². The Balaban J connectivity index is 3.73. The molecule has 1 unspecified atom stereocenters. The highest BCUT2D eigenvalue weighted by Gasteiger charge is 2.18. The first-order valence-corrected chi connectivity index (χ1v) is 4.37. The van der Waals surface area contributed by atoms with Gasteiger partial charge in [0.25, 0.3) is 5.09 Å². The summed E-state index contributed by atoms with van der Waals surface area (Å²) in [6.07, 6.45) is -0.0256. The quantitative estimate of drug-likeness (QED) is 0.265. The molecule has 0 aromatic heterocycles. The van der Waals surface area contributed by atoms with Crippen LogP contribution in [0.3, 0.4) is 0 Å². The van der Waals surface area contributed by atoms with Crippen molar-refractivity contribution in [2.45, 2.75) is 18.9 Å². The van der Waals surface area contributed by atoms with E-state index in [-0.39, 0.29) is 19.4 Å². The van der Waals surface area contributed by atoms with Crippen LogP contribution in [0.25, 0.3) is 0 Å². The van der Waals surface area contributed by atoms with Gasteiger partial charge >= 0.3 is 5.97 Å². The highest BCUT2D eigenvalue weighted by Crippen LogP contribution is 1.92.